The zero-order valence-electron chi connectivity index (χ0n) is 13.5. The van der Waals surface area contributed by atoms with Gasteiger partial charge in [-0.15, -0.1) is 0 Å². The van der Waals surface area contributed by atoms with Gasteiger partial charge in [-0.2, -0.15) is 0 Å². The molecule has 5 nitrogen and oxygen atoms in total. The summed E-state index contributed by atoms with van der Waals surface area (Å²) in [5.41, 5.74) is 1.76. The Balaban J connectivity index is 1.89. The molecule has 0 spiro atoms. The molecule has 0 unspecified atom stereocenters. The number of aryl methyl sites for hydroxylation is 2. The Hall–Kier alpha value is -2.05. The molecule has 0 bridgehead atoms. The van der Waals surface area contributed by atoms with Gasteiger partial charge >= 0.3 is 0 Å². The van der Waals surface area contributed by atoms with E-state index in [1.54, 1.807) is 50.4 Å². The smallest absolute Gasteiger partial charge is 0.240 e. The zero-order valence-corrected chi connectivity index (χ0v) is 14.3. The zero-order chi connectivity index (χ0) is 16.9. The lowest BCUT2D eigenvalue weighted by molar-refractivity contribution is 0.322. The predicted molar refractivity (Wildman–Crippen MR) is 89.6 cm³/mol. The number of ether oxygens (including phenoxy) is 2. The molecule has 2 aromatic carbocycles. The summed E-state index contributed by atoms with van der Waals surface area (Å²) >= 11 is 0. The third-order valence-corrected chi connectivity index (χ3v) is 4.96. The lowest BCUT2D eigenvalue weighted by Gasteiger charge is -2.11. The summed E-state index contributed by atoms with van der Waals surface area (Å²) in [5.74, 6) is 1.41. The third kappa shape index (κ3) is 4.71. The van der Waals surface area contributed by atoms with Crippen molar-refractivity contribution >= 4 is 10.0 Å². The fourth-order valence-electron chi connectivity index (χ4n) is 2.20. The van der Waals surface area contributed by atoms with Crippen LogP contribution in [0.25, 0.3) is 0 Å². The first-order chi connectivity index (χ1) is 10.9. The molecule has 6 heteroatoms. The minimum atomic E-state index is -3.52. The summed E-state index contributed by atoms with van der Waals surface area (Å²) in [6.07, 6.45) is 0. The molecule has 0 fully saturated rings. The molecule has 0 radical (unpaired) electrons. The molecule has 23 heavy (non-hydrogen) atoms. The predicted octanol–water partition coefficient (Wildman–Crippen LogP) is 2.67. The molecular formula is C17H21NO4S. The molecule has 0 saturated carbocycles. The summed E-state index contributed by atoms with van der Waals surface area (Å²) in [6, 6.07) is 12.4. The lowest BCUT2D eigenvalue weighted by atomic mass is 10.2. The van der Waals surface area contributed by atoms with Gasteiger partial charge in [-0.25, -0.2) is 13.1 Å². The van der Waals surface area contributed by atoms with Crippen molar-refractivity contribution in [1.82, 2.24) is 4.72 Å². The van der Waals surface area contributed by atoms with Crippen LogP contribution in [0.15, 0.2) is 47.4 Å². The van der Waals surface area contributed by atoms with E-state index in [4.69, 9.17) is 9.47 Å². The van der Waals surface area contributed by atoms with E-state index in [2.05, 4.69) is 4.72 Å². The Kier molecular flexibility index (Phi) is 5.63. The minimum absolute atomic E-state index is 0.196. The van der Waals surface area contributed by atoms with Crippen molar-refractivity contribution in [2.24, 2.45) is 0 Å². The second-order valence-electron chi connectivity index (χ2n) is 5.19. The van der Waals surface area contributed by atoms with Crippen LogP contribution in [0.5, 0.6) is 11.5 Å². The van der Waals surface area contributed by atoms with E-state index < -0.39 is 10.0 Å². The summed E-state index contributed by atoms with van der Waals surface area (Å²) in [5, 5.41) is 0. The SMILES string of the molecule is COc1ccc(OCCNS(=O)(=O)c2ccc(C)cc2C)cc1. The first-order valence-electron chi connectivity index (χ1n) is 7.26. The molecule has 0 saturated heterocycles. The van der Waals surface area contributed by atoms with Crippen molar-refractivity contribution in [3.63, 3.8) is 0 Å². The molecule has 124 valence electrons. The van der Waals surface area contributed by atoms with Gasteiger partial charge in [0, 0.05) is 6.54 Å². The van der Waals surface area contributed by atoms with E-state index in [-0.39, 0.29) is 13.2 Å². The van der Waals surface area contributed by atoms with Crippen molar-refractivity contribution < 1.29 is 17.9 Å². The van der Waals surface area contributed by atoms with Crippen LogP contribution in [0.4, 0.5) is 0 Å². The number of hydrogen-bond donors (Lipinski definition) is 1. The summed E-state index contributed by atoms with van der Waals surface area (Å²) in [7, 11) is -1.93. The first kappa shape index (κ1) is 17.3. The Morgan fingerprint density at radius 3 is 2.26 bits per heavy atom. The first-order valence-corrected chi connectivity index (χ1v) is 8.74. The second kappa shape index (κ2) is 7.48. The maximum absolute atomic E-state index is 12.3. The van der Waals surface area contributed by atoms with Gasteiger partial charge in [-0.3, -0.25) is 0 Å². The van der Waals surface area contributed by atoms with Crippen LogP contribution in [0.2, 0.25) is 0 Å². The maximum Gasteiger partial charge on any atom is 0.240 e. The fraction of sp³-hybridized carbons (Fsp3) is 0.294. The number of rotatable bonds is 7. The monoisotopic (exact) mass is 335 g/mol. The van der Waals surface area contributed by atoms with Gasteiger partial charge < -0.3 is 9.47 Å². The molecule has 0 aromatic heterocycles. The molecular weight excluding hydrogens is 314 g/mol. The number of nitrogens with one attached hydrogen (secondary N) is 1. The Morgan fingerprint density at radius 1 is 1.00 bits per heavy atom. The molecule has 0 atom stereocenters. The van der Waals surface area contributed by atoms with Crippen LogP contribution in [0.3, 0.4) is 0 Å². The summed E-state index contributed by atoms with van der Waals surface area (Å²) < 4.78 is 37.7. The highest BCUT2D eigenvalue weighted by molar-refractivity contribution is 7.89. The van der Waals surface area contributed by atoms with Gasteiger partial charge in [-0.1, -0.05) is 17.7 Å². The van der Waals surface area contributed by atoms with Crippen LogP contribution in [-0.2, 0) is 10.0 Å². The van der Waals surface area contributed by atoms with Gasteiger partial charge in [-0.05, 0) is 49.7 Å². The van der Waals surface area contributed by atoms with Crippen LogP contribution in [0.1, 0.15) is 11.1 Å². The molecule has 2 rings (SSSR count). The molecule has 0 aliphatic carbocycles. The Bertz CT molecular complexity index is 755. The van der Waals surface area contributed by atoms with Crippen molar-refractivity contribution in [2.45, 2.75) is 18.7 Å². The summed E-state index contributed by atoms with van der Waals surface area (Å²) in [6.45, 7) is 4.16. The minimum Gasteiger partial charge on any atom is -0.497 e. The van der Waals surface area contributed by atoms with E-state index in [0.29, 0.717) is 10.6 Å². The van der Waals surface area contributed by atoms with Crippen LogP contribution in [0, 0.1) is 13.8 Å². The number of methoxy groups -OCH3 is 1. The number of sulfonamides is 1. The van der Waals surface area contributed by atoms with Crippen molar-refractivity contribution in [3.05, 3.63) is 53.6 Å². The van der Waals surface area contributed by atoms with Crippen molar-refractivity contribution in [1.29, 1.82) is 0 Å². The highest BCUT2D eigenvalue weighted by Gasteiger charge is 2.15. The highest BCUT2D eigenvalue weighted by Crippen LogP contribution is 2.17. The molecule has 1 N–H and O–H groups in total. The van der Waals surface area contributed by atoms with Crippen LogP contribution in [-0.4, -0.2) is 28.7 Å². The quantitative estimate of drug-likeness (QED) is 0.790. The lowest BCUT2D eigenvalue weighted by Crippen LogP contribution is -2.28. The molecule has 0 heterocycles. The average molecular weight is 335 g/mol. The number of benzene rings is 2. The van der Waals surface area contributed by atoms with Crippen molar-refractivity contribution in [3.8, 4) is 11.5 Å². The molecule has 0 aliphatic heterocycles. The van der Waals surface area contributed by atoms with Gasteiger partial charge in [0.1, 0.15) is 18.1 Å². The Labute approximate surface area is 137 Å². The molecule has 0 aliphatic rings. The number of hydrogen-bond acceptors (Lipinski definition) is 4. The van der Waals surface area contributed by atoms with Gasteiger partial charge in [0.2, 0.25) is 10.0 Å². The molecule has 0 amide bonds. The fourth-order valence-corrected chi connectivity index (χ4v) is 3.43. The van der Waals surface area contributed by atoms with Gasteiger partial charge in [0.05, 0.1) is 12.0 Å². The van der Waals surface area contributed by atoms with Crippen molar-refractivity contribution in [2.75, 3.05) is 20.3 Å². The largest absolute Gasteiger partial charge is 0.497 e. The maximum atomic E-state index is 12.3. The van der Waals surface area contributed by atoms with E-state index in [1.165, 1.54) is 0 Å². The summed E-state index contributed by atoms with van der Waals surface area (Å²) in [4.78, 5) is 0.299. The average Bonchev–Trinajstić information content (AvgIpc) is 2.52. The van der Waals surface area contributed by atoms with E-state index in [9.17, 15) is 8.42 Å². The van der Waals surface area contributed by atoms with Crippen LogP contribution < -0.4 is 14.2 Å². The normalized spacial score (nSPS) is 11.3. The van der Waals surface area contributed by atoms with Crippen LogP contribution >= 0.6 is 0 Å². The highest BCUT2D eigenvalue weighted by atomic mass is 32.2. The second-order valence-corrected chi connectivity index (χ2v) is 6.93. The van der Waals surface area contributed by atoms with E-state index >= 15 is 0 Å². The third-order valence-electron chi connectivity index (χ3n) is 3.34. The van der Waals surface area contributed by atoms with Gasteiger partial charge in [0.25, 0.3) is 0 Å². The van der Waals surface area contributed by atoms with Gasteiger partial charge in [0.15, 0.2) is 0 Å². The Morgan fingerprint density at radius 2 is 1.65 bits per heavy atom. The van der Waals surface area contributed by atoms with E-state index in [0.717, 1.165) is 16.9 Å². The molecule has 2 aromatic rings. The van der Waals surface area contributed by atoms with E-state index in [1.807, 2.05) is 13.0 Å². The topological polar surface area (TPSA) is 64.6 Å². The standard InChI is InChI=1S/C17H21NO4S/c1-13-4-9-17(14(2)12-13)23(19,20)18-10-11-22-16-7-5-15(21-3)6-8-16/h4-9,12,18H,10-11H2,1-3H3.